The average molecular weight is 166 g/mol. The van der Waals surface area contributed by atoms with Gasteiger partial charge in [0.05, 0.1) is 0 Å². The summed E-state index contributed by atoms with van der Waals surface area (Å²) in [6.07, 6.45) is 4.30. The van der Waals surface area contributed by atoms with E-state index in [1.807, 2.05) is 0 Å². The van der Waals surface area contributed by atoms with Crippen LogP contribution in [0.5, 0.6) is 0 Å². The zero-order chi connectivity index (χ0) is 8.81. The molecule has 0 aromatic heterocycles. The van der Waals surface area contributed by atoms with Gasteiger partial charge in [0, 0.05) is 24.5 Å². The van der Waals surface area contributed by atoms with Crippen molar-refractivity contribution in [3.05, 3.63) is 22.1 Å². The zero-order valence-electron chi connectivity index (χ0n) is 7.40. The van der Waals surface area contributed by atoms with E-state index in [2.05, 4.69) is 28.0 Å². The molecule has 0 aromatic carbocycles. The molecule has 0 N–H and O–H groups in total. The molecule has 0 aromatic rings. The van der Waals surface area contributed by atoms with Crippen LogP contribution < -0.4 is 0 Å². The maximum Gasteiger partial charge on any atom is 0.0295 e. The van der Waals surface area contributed by atoms with Gasteiger partial charge < -0.3 is 4.90 Å². The van der Waals surface area contributed by atoms with E-state index in [4.69, 9.17) is 5.53 Å². The summed E-state index contributed by atoms with van der Waals surface area (Å²) in [7, 11) is 2.11. The predicted molar refractivity (Wildman–Crippen MR) is 48.8 cm³/mol. The monoisotopic (exact) mass is 166 g/mol. The smallest absolute Gasteiger partial charge is 0.0295 e. The zero-order valence-corrected chi connectivity index (χ0v) is 7.40. The van der Waals surface area contributed by atoms with Gasteiger partial charge in [-0.1, -0.05) is 16.8 Å². The van der Waals surface area contributed by atoms with Gasteiger partial charge in [0.15, 0.2) is 0 Å². The van der Waals surface area contributed by atoms with Crippen molar-refractivity contribution >= 4 is 0 Å². The highest BCUT2D eigenvalue weighted by molar-refractivity contribution is 5.07. The van der Waals surface area contributed by atoms with Crippen molar-refractivity contribution in [3.8, 4) is 0 Å². The second-order valence-electron chi connectivity index (χ2n) is 3.09. The molecule has 0 saturated carbocycles. The third-order valence-corrected chi connectivity index (χ3v) is 2.01. The summed E-state index contributed by atoms with van der Waals surface area (Å²) in [6, 6.07) is 0. The average Bonchev–Trinajstić information content (AvgIpc) is 2.05. The Bertz CT molecular complexity index is 215. The van der Waals surface area contributed by atoms with E-state index in [0.29, 0.717) is 6.54 Å². The lowest BCUT2D eigenvalue weighted by Gasteiger charge is -2.22. The second kappa shape index (κ2) is 4.80. The largest absolute Gasteiger partial charge is 0.302 e. The van der Waals surface area contributed by atoms with Crippen LogP contribution in [0.25, 0.3) is 10.4 Å². The number of hydrogen-bond acceptors (Lipinski definition) is 2. The molecule has 0 bridgehead atoms. The Morgan fingerprint density at radius 1 is 1.75 bits per heavy atom. The first kappa shape index (κ1) is 9.10. The molecule has 0 amide bonds. The minimum absolute atomic E-state index is 0.593. The summed E-state index contributed by atoms with van der Waals surface area (Å²) in [5.41, 5.74) is 9.48. The highest BCUT2D eigenvalue weighted by Gasteiger charge is 2.06. The molecule has 0 spiro atoms. The van der Waals surface area contributed by atoms with Crippen molar-refractivity contribution < 1.29 is 0 Å². The van der Waals surface area contributed by atoms with Crippen molar-refractivity contribution in [2.45, 2.75) is 12.8 Å². The molecule has 1 heterocycles. The molecule has 0 fully saturated rings. The summed E-state index contributed by atoms with van der Waals surface area (Å²) in [4.78, 5) is 5.01. The molecule has 4 heteroatoms. The first-order valence-electron chi connectivity index (χ1n) is 4.20. The predicted octanol–water partition coefficient (Wildman–Crippen LogP) is 1.95. The van der Waals surface area contributed by atoms with Crippen molar-refractivity contribution in [2.24, 2.45) is 5.11 Å². The highest BCUT2D eigenvalue weighted by Crippen LogP contribution is 2.10. The quantitative estimate of drug-likeness (QED) is 0.273. The van der Waals surface area contributed by atoms with E-state index in [-0.39, 0.29) is 0 Å². The second-order valence-corrected chi connectivity index (χ2v) is 3.09. The number of nitrogens with zero attached hydrogens (tertiary/aromatic N) is 4. The van der Waals surface area contributed by atoms with Crippen LogP contribution in [0.15, 0.2) is 16.8 Å². The molecule has 1 aliphatic heterocycles. The molecule has 1 rings (SSSR count). The lowest BCUT2D eigenvalue weighted by Crippen LogP contribution is -2.25. The molecule has 0 atom stereocenters. The third-order valence-electron chi connectivity index (χ3n) is 2.01. The Balaban J connectivity index is 2.31. The maximum absolute atomic E-state index is 8.08. The van der Waals surface area contributed by atoms with Crippen LogP contribution >= 0.6 is 0 Å². The van der Waals surface area contributed by atoms with Gasteiger partial charge in [-0.15, -0.1) is 0 Å². The van der Waals surface area contributed by atoms with E-state index in [1.54, 1.807) is 0 Å². The summed E-state index contributed by atoms with van der Waals surface area (Å²) in [6.45, 7) is 2.77. The van der Waals surface area contributed by atoms with E-state index in [9.17, 15) is 0 Å². The van der Waals surface area contributed by atoms with Crippen molar-refractivity contribution in [1.82, 2.24) is 4.90 Å². The fraction of sp³-hybridized carbons (Fsp3) is 0.750. The fourth-order valence-electron chi connectivity index (χ4n) is 1.40. The maximum atomic E-state index is 8.08. The van der Waals surface area contributed by atoms with Gasteiger partial charge in [-0.25, -0.2) is 0 Å². The van der Waals surface area contributed by atoms with Gasteiger partial charge in [0.2, 0.25) is 0 Å². The molecule has 0 radical (unpaired) electrons. The van der Waals surface area contributed by atoms with Gasteiger partial charge in [0.25, 0.3) is 0 Å². The molecule has 0 unspecified atom stereocenters. The Kier molecular flexibility index (Phi) is 3.64. The van der Waals surface area contributed by atoms with Crippen LogP contribution in [0.4, 0.5) is 0 Å². The minimum atomic E-state index is 0.593. The van der Waals surface area contributed by atoms with Crippen molar-refractivity contribution in [2.75, 3.05) is 26.7 Å². The Morgan fingerprint density at radius 2 is 2.58 bits per heavy atom. The summed E-state index contributed by atoms with van der Waals surface area (Å²) in [5, 5.41) is 3.51. The van der Waals surface area contributed by atoms with Gasteiger partial charge in [-0.2, -0.15) is 0 Å². The molecule has 0 saturated heterocycles. The molecular formula is C8H14N4. The van der Waals surface area contributed by atoms with Crippen LogP contribution in [0, 0.1) is 0 Å². The lowest BCUT2D eigenvalue weighted by atomic mass is 10.1. The normalized spacial score (nSPS) is 18.2. The van der Waals surface area contributed by atoms with E-state index in [1.165, 1.54) is 5.57 Å². The Hall–Kier alpha value is -0.990. The van der Waals surface area contributed by atoms with Crippen molar-refractivity contribution in [3.63, 3.8) is 0 Å². The van der Waals surface area contributed by atoms with Gasteiger partial charge >= 0.3 is 0 Å². The van der Waals surface area contributed by atoms with E-state index < -0.39 is 0 Å². The van der Waals surface area contributed by atoms with E-state index in [0.717, 1.165) is 25.9 Å². The molecule has 0 aliphatic carbocycles. The van der Waals surface area contributed by atoms with Crippen LogP contribution in [0.2, 0.25) is 0 Å². The fourth-order valence-corrected chi connectivity index (χ4v) is 1.40. The SMILES string of the molecule is CN1CCC=C(CCN=[N+]=[N-])C1. The first-order chi connectivity index (χ1) is 5.83. The summed E-state index contributed by atoms with van der Waals surface area (Å²) >= 11 is 0. The number of azide groups is 1. The van der Waals surface area contributed by atoms with Gasteiger partial charge in [0.1, 0.15) is 0 Å². The molecule has 12 heavy (non-hydrogen) atoms. The van der Waals surface area contributed by atoms with Crippen LogP contribution in [0.3, 0.4) is 0 Å². The Morgan fingerprint density at radius 3 is 3.25 bits per heavy atom. The molecular weight excluding hydrogens is 152 g/mol. The first-order valence-corrected chi connectivity index (χ1v) is 4.20. The van der Waals surface area contributed by atoms with Crippen LogP contribution in [0.1, 0.15) is 12.8 Å². The van der Waals surface area contributed by atoms with Crippen molar-refractivity contribution in [1.29, 1.82) is 0 Å². The number of rotatable bonds is 3. The number of likely N-dealkylation sites (N-methyl/N-ethyl adjacent to an activating group) is 1. The highest BCUT2D eigenvalue weighted by atomic mass is 15.1. The van der Waals surface area contributed by atoms with Crippen LogP contribution in [-0.2, 0) is 0 Å². The molecule has 4 nitrogen and oxygen atoms in total. The van der Waals surface area contributed by atoms with Gasteiger partial charge in [-0.3, -0.25) is 0 Å². The summed E-state index contributed by atoms with van der Waals surface area (Å²) in [5.74, 6) is 0. The van der Waals surface area contributed by atoms with Gasteiger partial charge in [-0.05, 0) is 25.4 Å². The van der Waals surface area contributed by atoms with E-state index >= 15 is 0 Å². The molecule has 1 aliphatic rings. The summed E-state index contributed by atoms with van der Waals surface area (Å²) < 4.78 is 0. The third kappa shape index (κ3) is 2.95. The van der Waals surface area contributed by atoms with Crippen LogP contribution in [-0.4, -0.2) is 31.6 Å². The topological polar surface area (TPSA) is 52.0 Å². The molecule has 66 valence electrons. The lowest BCUT2D eigenvalue weighted by molar-refractivity contribution is 0.350. The minimum Gasteiger partial charge on any atom is -0.302 e. The number of hydrogen-bond donors (Lipinski definition) is 0. The Labute approximate surface area is 72.5 Å². The standard InChI is InChI=1S/C8H14N4/c1-12-6-2-3-8(7-12)4-5-10-11-9/h3H,2,4-7H2,1H3.